The molecule has 2 fully saturated rings. The molecule has 0 saturated heterocycles. The molecule has 7 nitrogen and oxygen atoms in total. The average molecular weight is 545 g/mol. The second kappa shape index (κ2) is 10.3. The minimum atomic E-state index is -3.93. The maximum absolute atomic E-state index is 13.7. The van der Waals surface area contributed by atoms with E-state index in [4.69, 9.17) is 11.6 Å². The van der Waals surface area contributed by atoms with Gasteiger partial charge in [-0.1, -0.05) is 11.6 Å². The summed E-state index contributed by atoms with van der Waals surface area (Å²) in [4.78, 5) is 23.9. The van der Waals surface area contributed by atoms with Crippen molar-refractivity contribution < 1.29 is 35.9 Å². The van der Waals surface area contributed by atoms with Crippen molar-refractivity contribution in [2.75, 3.05) is 19.0 Å². The molecule has 2 aromatic carbocycles. The van der Waals surface area contributed by atoms with Crippen molar-refractivity contribution in [2.45, 2.75) is 35.8 Å². The molecule has 0 aliphatic heterocycles. The summed E-state index contributed by atoms with van der Waals surface area (Å²) in [5, 5.41) is 4.19. The van der Waals surface area contributed by atoms with Crippen LogP contribution >= 0.6 is 11.6 Å². The fourth-order valence-electron chi connectivity index (χ4n) is 5.41. The number of methoxy groups -OCH3 is 1. The Morgan fingerprint density at radius 1 is 1.06 bits per heavy atom. The summed E-state index contributed by atoms with van der Waals surface area (Å²) in [5.41, 5.74) is -0.417. The smallest absolute Gasteiger partial charge is 0.406 e. The Hall–Kier alpha value is -2.79. The molecule has 2 aromatic rings. The quantitative estimate of drug-likeness (QED) is 0.501. The molecule has 194 valence electrons. The molecule has 0 heterocycles. The fraction of sp³-hybridized carbons (Fsp3) is 0.417. The largest absolute Gasteiger partial charge is 0.453 e. The van der Waals surface area contributed by atoms with Crippen molar-refractivity contribution in [2.24, 2.45) is 17.8 Å². The van der Waals surface area contributed by atoms with Gasteiger partial charge in [-0.3, -0.25) is 4.79 Å². The number of ether oxygens (including phenoxy) is 1. The number of anilines is 1. The lowest BCUT2D eigenvalue weighted by atomic mass is 9.80. The van der Waals surface area contributed by atoms with Crippen LogP contribution in [0.3, 0.4) is 0 Å². The van der Waals surface area contributed by atoms with E-state index < -0.39 is 44.5 Å². The first kappa shape index (κ1) is 26.3. The molecule has 2 N–H and O–H groups in total. The number of hydrogen-bond acceptors (Lipinski definition) is 5. The third-order valence-electron chi connectivity index (χ3n) is 6.93. The summed E-state index contributed by atoms with van der Waals surface area (Å²) in [6, 6.07) is 4.96. The van der Waals surface area contributed by atoms with Gasteiger partial charge < -0.3 is 15.4 Å². The van der Waals surface area contributed by atoms with Gasteiger partial charge in [0.05, 0.1) is 22.3 Å². The van der Waals surface area contributed by atoms with Crippen molar-refractivity contribution in [3.8, 4) is 0 Å². The van der Waals surface area contributed by atoms with Crippen LogP contribution in [0.2, 0.25) is 5.02 Å². The normalized spacial score (nSPS) is 23.2. The first-order valence-electron chi connectivity index (χ1n) is 11.3. The van der Waals surface area contributed by atoms with Crippen molar-refractivity contribution in [1.29, 1.82) is 0 Å². The molecule has 2 aliphatic rings. The second-order valence-electron chi connectivity index (χ2n) is 9.17. The van der Waals surface area contributed by atoms with Crippen LogP contribution in [0.15, 0.2) is 35.2 Å². The summed E-state index contributed by atoms with van der Waals surface area (Å²) in [7, 11) is -2.65. The number of amides is 2. The highest BCUT2D eigenvalue weighted by molar-refractivity contribution is 7.92. The molecule has 2 atom stereocenters. The Balaban J connectivity index is 1.54. The number of carbonyl (C=O) groups is 2. The summed E-state index contributed by atoms with van der Waals surface area (Å²) < 4.78 is 72.2. The van der Waals surface area contributed by atoms with Gasteiger partial charge in [0.15, 0.2) is 27.3 Å². The van der Waals surface area contributed by atoms with Gasteiger partial charge in [-0.15, -0.1) is 0 Å². The summed E-state index contributed by atoms with van der Waals surface area (Å²) >= 11 is 6.26. The topological polar surface area (TPSA) is 102 Å². The van der Waals surface area contributed by atoms with Crippen LogP contribution < -0.4 is 10.6 Å². The number of sulfone groups is 1. The van der Waals surface area contributed by atoms with Crippen LogP contribution in [0.25, 0.3) is 0 Å². The minimum Gasteiger partial charge on any atom is -0.453 e. The zero-order valence-electron chi connectivity index (χ0n) is 19.2. The first-order valence-corrected chi connectivity index (χ1v) is 13.2. The summed E-state index contributed by atoms with van der Waals surface area (Å²) in [5.74, 6) is -5.59. The molecule has 4 rings (SSSR count). The van der Waals surface area contributed by atoms with Crippen molar-refractivity contribution >= 4 is 39.1 Å². The van der Waals surface area contributed by atoms with Crippen LogP contribution in [-0.2, 0) is 14.6 Å². The Labute approximate surface area is 211 Å². The predicted octanol–water partition coefficient (Wildman–Crippen LogP) is 4.94. The van der Waals surface area contributed by atoms with Crippen molar-refractivity contribution in [3.05, 3.63) is 58.4 Å². The van der Waals surface area contributed by atoms with E-state index >= 15 is 0 Å². The van der Waals surface area contributed by atoms with Crippen molar-refractivity contribution in [3.63, 3.8) is 0 Å². The first-order chi connectivity index (χ1) is 17.0. The van der Waals surface area contributed by atoms with Gasteiger partial charge >= 0.3 is 6.09 Å². The third-order valence-corrected chi connectivity index (χ3v) is 9.81. The van der Waals surface area contributed by atoms with E-state index in [1.807, 2.05) is 0 Å². The second-order valence-corrected chi connectivity index (χ2v) is 11.7. The van der Waals surface area contributed by atoms with E-state index in [-0.39, 0.29) is 38.9 Å². The zero-order valence-corrected chi connectivity index (χ0v) is 20.8. The van der Waals surface area contributed by atoms with Crippen molar-refractivity contribution in [1.82, 2.24) is 5.32 Å². The average Bonchev–Trinajstić information content (AvgIpc) is 3.12. The van der Waals surface area contributed by atoms with E-state index in [2.05, 4.69) is 15.4 Å². The van der Waals surface area contributed by atoms with Gasteiger partial charge in [0.25, 0.3) is 5.91 Å². The lowest BCUT2D eigenvalue weighted by molar-refractivity contribution is 0.102. The summed E-state index contributed by atoms with van der Waals surface area (Å²) in [6.45, 7) is 0.396. The van der Waals surface area contributed by atoms with Crippen LogP contribution in [0.5, 0.6) is 0 Å². The zero-order chi connectivity index (χ0) is 26.2. The molecular weight excluding hydrogens is 521 g/mol. The molecule has 2 bridgehead atoms. The lowest BCUT2D eigenvalue weighted by Gasteiger charge is -2.35. The Bertz CT molecular complexity index is 1270. The molecule has 0 spiro atoms. The number of rotatable bonds is 6. The predicted molar refractivity (Wildman–Crippen MR) is 126 cm³/mol. The molecule has 2 amide bonds. The van der Waals surface area contributed by atoms with Crippen LogP contribution in [0.4, 0.5) is 23.7 Å². The molecule has 36 heavy (non-hydrogen) atoms. The van der Waals surface area contributed by atoms with E-state index in [0.717, 1.165) is 18.9 Å². The molecule has 2 unspecified atom stereocenters. The monoisotopic (exact) mass is 544 g/mol. The van der Waals surface area contributed by atoms with E-state index in [1.54, 1.807) is 0 Å². The highest BCUT2D eigenvalue weighted by atomic mass is 35.5. The van der Waals surface area contributed by atoms with E-state index in [9.17, 15) is 31.2 Å². The number of halogens is 4. The van der Waals surface area contributed by atoms with Crippen LogP contribution in [0.1, 0.15) is 36.0 Å². The molecule has 2 aliphatic carbocycles. The number of carbonyl (C=O) groups excluding carboxylic acids is 2. The molecular formula is C24H24ClF3N2O5S. The molecule has 0 aromatic heterocycles. The third kappa shape index (κ3) is 5.17. The highest BCUT2D eigenvalue weighted by Gasteiger charge is 2.50. The lowest BCUT2D eigenvalue weighted by Crippen LogP contribution is -2.41. The van der Waals surface area contributed by atoms with Crippen LogP contribution in [-0.4, -0.2) is 39.3 Å². The Morgan fingerprint density at radius 2 is 1.67 bits per heavy atom. The van der Waals surface area contributed by atoms with E-state index in [1.165, 1.54) is 19.2 Å². The number of fused-ring (bicyclic) bond motifs is 2. The highest BCUT2D eigenvalue weighted by Crippen LogP contribution is 2.50. The van der Waals surface area contributed by atoms with Gasteiger partial charge in [-0.2, -0.15) is 0 Å². The van der Waals surface area contributed by atoms with Crippen LogP contribution in [0, 0.1) is 35.2 Å². The molecule has 2 saturated carbocycles. The number of benzene rings is 2. The standard InChI is InChI=1S/C24H24ClF3N2O5S/c1-35-24(32)29-11-12-6-13-2-3-14(7-12)22(13)36(33,34)20-8-15(4-5-17(20)25)23(31)30-16-9-18(26)21(28)19(27)10-16/h4-5,8-10,12-14,22H,2-3,6-7,11H2,1H3,(H,29,32)(H,30,31). The summed E-state index contributed by atoms with van der Waals surface area (Å²) in [6.07, 6.45) is 2.14. The minimum absolute atomic E-state index is 0.0423. The number of hydrogen-bond donors (Lipinski definition) is 2. The Kier molecular flexibility index (Phi) is 7.51. The van der Waals surface area contributed by atoms with Gasteiger partial charge in [0.2, 0.25) is 0 Å². The molecule has 12 heteroatoms. The Morgan fingerprint density at radius 3 is 2.25 bits per heavy atom. The number of alkyl carbamates (subject to hydrolysis) is 1. The van der Waals surface area contributed by atoms with Gasteiger partial charge in [-0.25, -0.2) is 26.4 Å². The van der Waals surface area contributed by atoms with E-state index in [0.29, 0.717) is 31.5 Å². The van der Waals surface area contributed by atoms with Gasteiger partial charge in [0.1, 0.15) is 0 Å². The molecule has 0 radical (unpaired) electrons. The number of nitrogens with one attached hydrogen (secondary N) is 2. The maximum atomic E-state index is 13.7. The van der Waals surface area contributed by atoms with Gasteiger partial charge in [-0.05, 0) is 61.6 Å². The maximum Gasteiger partial charge on any atom is 0.406 e. The van der Waals surface area contributed by atoms with Gasteiger partial charge in [0, 0.05) is 29.9 Å². The SMILES string of the molecule is COC(=O)NCC1CC2CCC(C1)C2S(=O)(=O)c1cc(C(=O)Nc2cc(F)c(F)c(F)c2)ccc1Cl. The fourth-order valence-corrected chi connectivity index (χ4v) is 8.28.